The highest BCUT2D eigenvalue weighted by Gasteiger charge is 2.31. The third-order valence-corrected chi connectivity index (χ3v) is 4.18. The second kappa shape index (κ2) is 6.75. The smallest absolute Gasteiger partial charge is 0.217 e. The first kappa shape index (κ1) is 16.1. The van der Waals surface area contributed by atoms with Crippen molar-refractivity contribution < 1.29 is 9.21 Å². The van der Waals surface area contributed by atoms with Crippen molar-refractivity contribution in [3.8, 4) is 6.07 Å². The molecule has 6 heteroatoms. The first-order valence-corrected chi connectivity index (χ1v) is 8.06. The van der Waals surface area contributed by atoms with Gasteiger partial charge < -0.3 is 14.6 Å². The second-order valence-electron chi connectivity index (χ2n) is 6.00. The summed E-state index contributed by atoms with van der Waals surface area (Å²) in [5, 5.41) is 12.1. The van der Waals surface area contributed by atoms with E-state index in [2.05, 4.69) is 21.3 Å². The average Bonchev–Trinajstić information content (AvgIpc) is 3.21. The van der Waals surface area contributed by atoms with E-state index in [1.165, 1.54) is 6.92 Å². The number of aromatic nitrogens is 1. The number of nitriles is 1. The molecule has 0 aromatic carbocycles. The van der Waals surface area contributed by atoms with Gasteiger partial charge in [0.25, 0.3) is 0 Å². The monoisotopic (exact) mass is 324 g/mol. The maximum absolute atomic E-state index is 11.0. The Morgan fingerprint density at radius 1 is 1.46 bits per heavy atom. The molecule has 0 spiro atoms. The lowest BCUT2D eigenvalue weighted by Gasteiger charge is -2.25. The van der Waals surface area contributed by atoms with Gasteiger partial charge in [-0.25, -0.2) is 4.98 Å². The Hall–Kier alpha value is -2.81. The number of anilines is 1. The molecular formula is C18H20N4O2. The topological polar surface area (TPSA) is 82.2 Å². The fourth-order valence-corrected chi connectivity index (χ4v) is 3.05. The second-order valence-corrected chi connectivity index (χ2v) is 6.00. The molecule has 0 bridgehead atoms. The quantitative estimate of drug-likeness (QED) is 0.935. The van der Waals surface area contributed by atoms with Crippen molar-refractivity contribution in [3.05, 3.63) is 47.0 Å². The van der Waals surface area contributed by atoms with Crippen LogP contribution in [0.1, 0.15) is 48.6 Å². The van der Waals surface area contributed by atoms with Crippen LogP contribution < -0.4 is 10.2 Å². The summed E-state index contributed by atoms with van der Waals surface area (Å²) in [4.78, 5) is 17.7. The van der Waals surface area contributed by atoms with Gasteiger partial charge in [0.1, 0.15) is 23.4 Å². The lowest BCUT2D eigenvalue weighted by atomic mass is 10.1. The fourth-order valence-electron chi connectivity index (χ4n) is 3.05. The van der Waals surface area contributed by atoms with Crippen LogP contribution in [0, 0.1) is 18.3 Å². The van der Waals surface area contributed by atoms with E-state index in [0.717, 1.165) is 42.4 Å². The fraction of sp³-hybridized carbons (Fsp3) is 0.389. The Morgan fingerprint density at radius 2 is 2.29 bits per heavy atom. The van der Waals surface area contributed by atoms with Crippen LogP contribution >= 0.6 is 0 Å². The van der Waals surface area contributed by atoms with Crippen molar-refractivity contribution >= 4 is 11.7 Å². The Kier molecular flexibility index (Phi) is 4.52. The highest BCUT2D eigenvalue weighted by Crippen LogP contribution is 2.37. The lowest BCUT2D eigenvalue weighted by molar-refractivity contribution is -0.119. The molecule has 1 aliphatic heterocycles. The molecule has 2 aromatic heterocycles. The average molecular weight is 324 g/mol. The van der Waals surface area contributed by atoms with Gasteiger partial charge in [0, 0.05) is 19.2 Å². The summed E-state index contributed by atoms with van der Waals surface area (Å²) in [5.74, 6) is 2.21. The van der Waals surface area contributed by atoms with Crippen molar-refractivity contribution in [2.75, 3.05) is 11.4 Å². The zero-order chi connectivity index (χ0) is 17.1. The van der Waals surface area contributed by atoms with Crippen molar-refractivity contribution in [3.63, 3.8) is 0 Å². The van der Waals surface area contributed by atoms with Crippen LogP contribution in [-0.4, -0.2) is 17.4 Å². The van der Waals surface area contributed by atoms with Crippen LogP contribution in [0.4, 0.5) is 5.82 Å². The molecule has 1 fully saturated rings. The minimum Gasteiger partial charge on any atom is -0.462 e. The lowest BCUT2D eigenvalue weighted by Crippen LogP contribution is -2.24. The molecule has 24 heavy (non-hydrogen) atoms. The van der Waals surface area contributed by atoms with Crippen LogP contribution in [-0.2, 0) is 11.3 Å². The number of carbonyl (C=O) groups is 1. The van der Waals surface area contributed by atoms with E-state index in [1.54, 1.807) is 0 Å². The van der Waals surface area contributed by atoms with Crippen molar-refractivity contribution in [2.45, 2.75) is 39.3 Å². The molecule has 124 valence electrons. The van der Waals surface area contributed by atoms with Crippen LogP contribution in [0.15, 0.2) is 28.7 Å². The Balaban J connectivity index is 1.85. The van der Waals surface area contributed by atoms with E-state index in [-0.39, 0.29) is 11.9 Å². The molecule has 0 saturated carbocycles. The van der Waals surface area contributed by atoms with E-state index < -0.39 is 0 Å². The number of nitrogens with zero attached hydrogens (tertiary/aromatic N) is 3. The van der Waals surface area contributed by atoms with Gasteiger partial charge in [-0.05, 0) is 44.0 Å². The maximum Gasteiger partial charge on any atom is 0.217 e. The molecule has 1 saturated heterocycles. The van der Waals surface area contributed by atoms with E-state index in [1.807, 2.05) is 31.2 Å². The van der Waals surface area contributed by atoms with Crippen LogP contribution in [0.5, 0.6) is 0 Å². The summed E-state index contributed by atoms with van der Waals surface area (Å²) >= 11 is 0. The van der Waals surface area contributed by atoms with E-state index in [0.29, 0.717) is 12.1 Å². The standard InChI is InChI=1S/C18H20N4O2/c1-12-5-6-14(10-19)18(21-12)22-9-3-4-16(22)17-8-7-15(24-17)11-20-13(2)23/h5-8,16H,3-4,9,11H2,1-2H3,(H,20,23). The predicted octanol–water partition coefficient (Wildman–Crippen LogP) is 2.83. The maximum atomic E-state index is 11.0. The van der Waals surface area contributed by atoms with Gasteiger partial charge in [-0.15, -0.1) is 0 Å². The molecule has 0 aliphatic carbocycles. The number of amides is 1. The summed E-state index contributed by atoms with van der Waals surface area (Å²) in [6.07, 6.45) is 1.97. The minimum absolute atomic E-state index is 0.0671. The molecule has 3 heterocycles. The molecule has 1 amide bonds. The molecule has 3 rings (SSSR count). The number of furan rings is 1. The van der Waals surface area contributed by atoms with E-state index >= 15 is 0 Å². The zero-order valence-electron chi connectivity index (χ0n) is 13.9. The first-order valence-electron chi connectivity index (χ1n) is 8.06. The van der Waals surface area contributed by atoms with Gasteiger partial charge in [0.15, 0.2) is 0 Å². The molecular weight excluding hydrogens is 304 g/mol. The van der Waals surface area contributed by atoms with Gasteiger partial charge in [-0.3, -0.25) is 4.79 Å². The molecule has 6 nitrogen and oxygen atoms in total. The van der Waals surface area contributed by atoms with Crippen LogP contribution in [0.25, 0.3) is 0 Å². The number of carbonyl (C=O) groups excluding carboxylic acids is 1. The molecule has 1 atom stereocenters. The zero-order valence-corrected chi connectivity index (χ0v) is 13.9. The number of rotatable bonds is 4. The summed E-state index contributed by atoms with van der Waals surface area (Å²) in [5.41, 5.74) is 1.47. The number of hydrogen-bond donors (Lipinski definition) is 1. The molecule has 1 N–H and O–H groups in total. The Bertz CT molecular complexity index is 791. The summed E-state index contributed by atoms with van der Waals surface area (Å²) in [6, 6.07) is 9.80. The van der Waals surface area contributed by atoms with E-state index in [9.17, 15) is 10.1 Å². The highest BCUT2D eigenvalue weighted by atomic mass is 16.3. The summed E-state index contributed by atoms with van der Waals surface area (Å²) in [7, 11) is 0. The number of hydrogen-bond acceptors (Lipinski definition) is 5. The van der Waals surface area contributed by atoms with Crippen molar-refractivity contribution in [1.82, 2.24) is 10.3 Å². The summed E-state index contributed by atoms with van der Waals surface area (Å²) in [6.45, 7) is 4.63. The normalized spacial score (nSPS) is 16.9. The molecule has 0 radical (unpaired) electrons. The van der Waals surface area contributed by atoms with Gasteiger partial charge in [0.05, 0.1) is 18.2 Å². The number of aryl methyl sites for hydroxylation is 1. The van der Waals surface area contributed by atoms with Crippen molar-refractivity contribution in [2.24, 2.45) is 0 Å². The van der Waals surface area contributed by atoms with E-state index in [4.69, 9.17) is 4.42 Å². The Labute approximate surface area is 141 Å². The SMILES string of the molecule is CC(=O)NCc1ccc(C2CCCN2c2nc(C)ccc2C#N)o1. The third kappa shape index (κ3) is 3.25. The van der Waals surface area contributed by atoms with Crippen molar-refractivity contribution in [1.29, 1.82) is 5.26 Å². The first-order chi connectivity index (χ1) is 11.6. The number of pyridine rings is 1. The largest absolute Gasteiger partial charge is 0.462 e. The van der Waals surface area contributed by atoms with Crippen LogP contribution in [0.3, 0.4) is 0 Å². The van der Waals surface area contributed by atoms with Gasteiger partial charge in [-0.1, -0.05) is 0 Å². The molecule has 1 aliphatic rings. The minimum atomic E-state index is -0.0851. The predicted molar refractivity (Wildman–Crippen MR) is 89.2 cm³/mol. The van der Waals surface area contributed by atoms with Crippen LogP contribution in [0.2, 0.25) is 0 Å². The molecule has 2 aromatic rings. The Morgan fingerprint density at radius 3 is 3.04 bits per heavy atom. The van der Waals surface area contributed by atoms with Gasteiger partial charge in [0.2, 0.25) is 5.91 Å². The van der Waals surface area contributed by atoms with Gasteiger partial charge in [-0.2, -0.15) is 5.26 Å². The molecule has 1 unspecified atom stereocenters. The summed E-state index contributed by atoms with van der Waals surface area (Å²) < 4.78 is 5.91. The number of nitrogens with one attached hydrogen (secondary N) is 1. The highest BCUT2D eigenvalue weighted by molar-refractivity contribution is 5.72. The third-order valence-electron chi connectivity index (χ3n) is 4.18. The van der Waals surface area contributed by atoms with Gasteiger partial charge >= 0.3 is 0 Å².